The summed E-state index contributed by atoms with van der Waals surface area (Å²) in [6.07, 6.45) is 6.21. The standard InChI is InChI=1S/C20H27N5O2S/c26-17-8-4-5-15(13-17)14-24-9-11-25(12-10-24)20(27)21-19-23-22-18(28-19)16-6-2-1-3-7-16/h4-5,8,13,16,26H,1-3,6-7,9-12,14H2,(H,21,23,27). The molecule has 7 nitrogen and oxygen atoms in total. The summed E-state index contributed by atoms with van der Waals surface area (Å²) in [7, 11) is 0. The fourth-order valence-electron chi connectivity index (χ4n) is 3.99. The maximum Gasteiger partial charge on any atom is 0.323 e. The van der Waals surface area contributed by atoms with Gasteiger partial charge in [-0.2, -0.15) is 0 Å². The number of aromatic nitrogens is 2. The molecular formula is C20H27N5O2S. The Morgan fingerprint density at radius 2 is 1.93 bits per heavy atom. The van der Waals surface area contributed by atoms with Crippen LogP contribution in [-0.4, -0.2) is 57.3 Å². The number of phenols is 1. The summed E-state index contributed by atoms with van der Waals surface area (Å²) < 4.78 is 0. The molecule has 0 radical (unpaired) electrons. The number of nitrogens with zero attached hydrogens (tertiary/aromatic N) is 4. The van der Waals surface area contributed by atoms with E-state index in [-0.39, 0.29) is 6.03 Å². The Morgan fingerprint density at radius 3 is 2.68 bits per heavy atom. The normalized spacial score (nSPS) is 18.9. The molecule has 0 unspecified atom stereocenters. The number of hydrogen-bond donors (Lipinski definition) is 2. The predicted octanol–water partition coefficient (Wildman–Crippen LogP) is 3.64. The number of anilines is 1. The summed E-state index contributed by atoms with van der Waals surface area (Å²) in [4.78, 5) is 16.7. The highest BCUT2D eigenvalue weighted by molar-refractivity contribution is 7.15. The molecule has 4 rings (SSSR count). The monoisotopic (exact) mass is 401 g/mol. The second-order valence-electron chi connectivity index (χ2n) is 7.64. The van der Waals surface area contributed by atoms with Crippen LogP contribution in [0.2, 0.25) is 0 Å². The average Bonchev–Trinajstić information content (AvgIpc) is 3.18. The highest BCUT2D eigenvalue weighted by Gasteiger charge is 2.24. The quantitative estimate of drug-likeness (QED) is 0.817. The Morgan fingerprint density at radius 1 is 1.14 bits per heavy atom. The van der Waals surface area contributed by atoms with Crippen molar-refractivity contribution in [2.45, 2.75) is 44.6 Å². The number of carbonyl (C=O) groups is 1. The van der Waals surface area contributed by atoms with Crippen LogP contribution in [0.1, 0.15) is 48.6 Å². The molecule has 28 heavy (non-hydrogen) atoms. The fourth-order valence-corrected chi connectivity index (χ4v) is 4.89. The van der Waals surface area contributed by atoms with E-state index in [0.717, 1.165) is 30.2 Å². The van der Waals surface area contributed by atoms with E-state index in [9.17, 15) is 9.90 Å². The van der Waals surface area contributed by atoms with Gasteiger partial charge in [0.15, 0.2) is 0 Å². The van der Waals surface area contributed by atoms with Crippen molar-refractivity contribution >= 4 is 22.5 Å². The Hall–Kier alpha value is -2.19. The van der Waals surface area contributed by atoms with E-state index in [1.807, 2.05) is 17.0 Å². The Bertz CT molecular complexity index is 797. The summed E-state index contributed by atoms with van der Waals surface area (Å²) in [6.45, 7) is 3.77. The first-order chi connectivity index (χ1) is 13.7. The van der Waals surface area contributed by atoms with Crippen molar-refractivity contribution in [2.75, 3.05) is 31.5 Å². The third kappa shape index (κ3) is 4.80. The van der Waals surface area contributed by atoms with E-state index < -0.39 is 0 Å². The van der Waals surface area contributed by atoms with Crippen LogP contribution in [0.25, 0.3) is 0 Å². The zero-order chi connectivity index (χ0) is 19.3. The maximum atomic E-state index is 12.6. The molecule has 1 aromatic carbocycles. The van der Waals surface area contributed by atoms with Crippen LogP contribution < -0.4 is 5.32 Å². The fraction of sp³-hybridized carbons (Fsp3) is 0.550. The zero-order valence-electron chi connectivity index (χ0n) is 16.0. The second-order valence-corrected chi connectivity index (χ2v) is 8.65. The number of urea groups is 1. The van der Waals surface area contributed by atoms with Gasteiger partial charge in [-0.05, 0) is 30.5 Å². The molecule has 1 aliphatic carbocycles. The van der Waals surface area contributed by atoms with Crippen LogP contribution in [0.5, 0.6) is 5.75 Å². The Labute approximate surface area is 169 Å². The number of carbonyl (C=O) groups excluding carboxylic acids is 1. The van der Waals surface area contributed by atoms with Gasteiger partial charge in [-0.25, -0.2) is 4.79 Å². The zero-order valence-corrected chi connectivity index (χ0v) is 16.8. The van der Waals surface area contributed by atoms with Gasteiger partial charge in [0.25, 0.3) is 0 Å². The number of rotatable bonds is 4. The van der Waals surface area contributed by atoms with Gasteiger partial charge in [0.2, 0.25) is 5.13 Å². The maximum absolute atomic E-state index is 12.6. The molecule has 1 aromatic heterocycles. The molecule has 150 valence electrons. The van der Waals surface area contributed by atoms with Crippen molar-refractivity contribution in [3.05, 3.63) is 34.8 Å². The number of aromatic hydroxyl groups is 1. The largest absolute Gasteiger partial charge is 0.508 e. The van der Waals surface area contributed by atoms with Crippen LogP contribution >= 0.6 is 11.3 Å². The smallest absolute Gasteiger partial charge is 0.323 e. The molecule has 2 fully saturated rings. The molecular weight excluding hydrogens is 374 g/mol. The number of piperazine rings is 1. The third-order valence-electron chi connectivity index (χ3n) is 5.59. The molecule has 1 saturated carbocycles. The Balaban J connectivity index is 1.25. The molecule has 2 amide bonds. The van der Waals surface area contributed by atoms with Gasteiger partial charge in [-0.1, -0.05) is 42.7 Å². The highest BCUT2D eigenvalue weighted by Crippen LogP contribution is 2.35. The van der Waals surface area contributed by atoms with Gasteiger partial charge < -0.3 is 10.0 Å². The molecule has 8 heteroatoms. The second kappa shape index (κ2) is 8.87. The first kappa shape index (κ1) is 19.1. The lowest BCUT2D eigenvalue weighted by atomic mass is 9.90. The minimum absolute atomic E-state index is 0.0941. The van der Waals surface area contributed by atoms with Crippen molar-refractivity contribution in [3.63, 3.8) is 0 Å². The van der Waals surface area contributed by atoms with Gasteiger partial charge >= 0.3 is 6.03 Å². The summed E-state index contributed by atoms with van der Waals surface area (Å²) >= 11 is 1.52. The van der Waals surface area contributed by atoms with Crippen molar-refractivity contribution < 1.29 is 9.90 Å². The van der Waals surface area contributed by atoms with Crippen LogP contribution in [0.3, 0.4) is 0 Å². The topological polar surface area (TPSA) is 81.6 Å². The first-order valence-electron chi connectivity index (χ1n) is 10.1. The number of phenolic OH excluding ortho intramolecular Hbond substituents is 1. The van der Waals surface area contributed by atoms with Crippen LogP contribution in [0.15, 0.2) is 24.3 Å². The van der Waals surface area contributed by atoms with Crippen LogP contribution in [-0.2, 0) is 6.54 Å². The van der Waals surface area contributed by atoms with Gasteiger partial charge in [0.05, 0.1) is 0 Å². The van der Waals surface area contributed by atoms with E-state index in [4.69, 9.17) is 0 Å². The van der Waals surface area contributed by atoms with Crippen molar-refractivity contribution in [1.82, 2.24) is 20.0 Å². The molecule has 2 heterocycles. The minimum Gasteiger partial charge on any atom is -0.508 e. The molecule has 0 spiro atoms. The summed E-state index contributed by atoms with van der Waals surface area (Å²) in [6, 6.07) is 7.25. The van der Waals surface area contributed by atoms with E-state index in [2.05, 4.69) is 20.4 Å². The van der Waals surface area contributed by atoms with Gasteiger partial charge in [0.1, 0.15) is 10.8 Å². The first-order valence-corrected chi connectivity index (χ1v) is 10.9. The number of amides is 2. The molecule has 2 aromatic rings. The van der Waals surface area contributed by atoms with Gasteiger partial charge in [-0.15, -0.1) is 10.2 Å². The van der Waals surface area contributed by atoms with E-state index in [1.165, 1.54) is 43.4 Å². The summed E-state index contributed by atoms with van der Waals surface area (Å²) in [5.41, 5.74) is 1.09. The van der Waals surface area contributed by atoms with E-state index in [1.54, 1.807) is 12.1 Å². The van der Waals surface area contributed by atoms with Gasteiger partial charge in [0, 0.05) is 38.6 Å². The summed E-state index contributed by atoms with van der Waals surface area (Å²) in [5, 5.41) is 22.7. The van der Waals surface area contributed by atoms with Crippen molar-refractivity contribution in [3.8, 4) is 5.75 Å². The lowest BCUT2D eigenvalue weighted by molar-refractivity contribution is 0.143. The molecule has 1 saturated heterocycles. The van der Waals surface area contributed by atoms with E-state index >= 15 is 0 Å². The molecule has 2 aliphatic rings. The van der Waals surface area contributed by atoms with Crippen molar-refractivity contribution in [2.24, 2.45) is 0 Å². The van der Waals surface area contributed by atoms with Gasteiger partial charge in [-0.3, -0.25) is 10.2 Å². The minimum atomic E-state index is -0.0941. The van der Waals surface area contributed by atoms with Crippen LogP contribution in [0.4, 0.5) is 9.93 Å². The highest BCUT2D eigenvalue weighted by atomic mass is 32.1. The summed E-state index contributed by atoms with van der Waals surface area (Å²) in [5.74, 6) is 0.804. The van der Waals surface area contributed by atoms with Crippen LogP contribution in [0, 0.1) is 0 Å². The Kier molecular flexibility index (Phi) is 6.07. The lowest BCUT2D eigenvalue weighted by Gasteiger charge is -2.34. The molecule has 0 atom stereocenters. The third-order valence-corrected chi connectivity index (χ3v) is 6.59. The number of benzene rings is 1. The number of hydrogen-bond acceptors (Lipinski definition) is 6. The average molecular weight is 402 g/mol. The molecule has 1 aliphatic heterocycles. The molecule has 0 bridgehead atoms. The lowest BCUT2D eigenvalue weighted by Crippen LogP contribution is -2.49. The molecule has 2 N–H and O–H groups in total. The SMILES string of the molecule is O=C(Nc1nnc(C2CCCCC2)s1)N1CCN(Cc2cccc(O)c2)CC1. The number of nitrogens with one attached hydrogen (secondary N) is 1. The van der Waals surface area contributed by atoms with Crippen molar-refractivity contribution in [1.29, 1.82) is 0 Å². The van der Waals surface area contributed by atoms with E-state index in [0.29, 0.717) is 29.9 Å². The predicted molar refractivity (Wildman–Crippen MR) is 110 cm³/mol.